The Kier molecular flexibility index (Phi) is 7.90. The number of nitrogens with one attached hydrogen (secondary N) is 2. The first-order chi connectivity index (χ1) is 16.5. The maximum Gasteiger partial charge on any atom is 0.249 e. The Labute approximate surface area is 211 Å². The molecular formula is C25H20Cl2N4O2S. The summed E-state index contributed by atoms with van der Waals surface area (Å²) in [7, 11) is 0. The first-order valence-electron chi connectivity index (χ1n) is 10.4. The lowest BCUT2D eigenvalue weighted by Crippen LogP contribution is -2.46. The van der Waals surface area contributed by atoms with E-state index in [2.05, 4.69) is 20.8 Å². The van der Waals surface area contributed by atoms with Crippen molar-refractivity contribution in [2.45, 2.75) is 17.8 Å². The Bertz CT molecular complexity index is 1250. The fraction of sp³-hybridized carbons (Fsp3) is 0.120. The highest BCUT2D eigenvalue weighted by atomic mass is 35.5. The molecule has 1 heterocycles. The molecule has 0 spiro atoms. The van der Waals surface area contributed by atoms with Gasteiger partial charge in [0.25, 0.3) is 0 Å². The number of benzene rings is 3. The molecule has 0 unspecified atom stereocenters. The molecule has 0 aliphatic carbocycles. The van der Waals surface area contributed by atoms with Crippen molar-refractivity contribution in [3.63, 3.8) is 0 Å². The van der Waals surface area contributed by atoms with E-state index in [4.69, 9.17) is 23.2 Å². The molecule has 4 aromatic rings. The first kappa shape index (κ1) is 23.9. The van der Waals surface area contributed by atoms with Gasteiger partial charge in [0, 0.05) is 17.0 Å². The molecule has 34 heavy (non-hydrogen) atoms. The Hall–Kier alpha value is -3.26. The zero-order valence-corrected chi connectivity index (χ0v) is 20.1. The van der Waals surface area contributed by atoms with Gasteiger partial charge in [0.1, 0.15) is 16.4 Å². The van der Waals surface area contributed by atoms with Gasteiger partial charge in [-0.15, -0.1) is 21.8 Å². The summed E-state index contributed by atoms with van der Waals surface area (Å²) in [5.74, 6) is -0.865. The second-order valence-electron chi connectivity index (χ2n) is 7.43. The molecular weight excluding hydrogens is 491 g/mol. The van der Waals surface area contributed by atoms with Crippen molar-refractivity contribution >= 4 is 51.5 Å². The number of rotatable bonds is 8. The summed E-state index contributed by atoms with van der Waals surface area (Å²) >= 11 is 13.6. The lowest BCUT2D eigenvalue weighted by molar-refractivity contribution is -0.126. The number of aromatic nitrogens is 2. The second kappa shape index (κ2) is 11.2. The van der Waals surface area contributed by atoms with Crippen LogP contribution in [0.2, 0.25) is 5.02 Å². The van der Waals surface area contributed by atoms with Crippen molar-refractivity contribution in [2.24, 2.45) is 0 Å². The predicted molar refractivity (Wildman–Crippen MR) is 136 cm³/mol. The number of carbonyl (C=O) groups is 2. The largest absolute Gasteiger partial charge is 0.342 e. The maximum absolute atomic E-state index is 13.2. The third kappa shape index (κ3) is 6.20. The van der Waals surface area contributed by atoms with E-state index in [0.29, 0.717) is 27.1 Å². The fourth-order valence-corrected chi connectivity index (χ4v) is 4.34. The van der Waals surface area contributed by atoms with Crippen molar-refractivity contribution in [3.8, 4) is 10.6 Å². The summed E-state index contributed by atoms with van der Waals surface area (Å²) in [6.45, 7) is 0. The van der Waals surface area contributed by atoms with E-state index in [1.165, 1.54) is 11.3 Å². The van der Waals surface area contributed by atoms with Crippen LogP contribution < -0.4 is 10.6 Å². The van der Waals surface area contributed by atoms with Gasteiger partial charge in [0.2, 0.25) is 16.9 Å². The van der Waals surface area contributed by atoms with Crippen molar-refractivity contribution in [1.29, 1.82) is 0 Å². The van der Waals surface area contributed by atoms with E-state index < -0.39 is 23.2 Å². The molecule has 2 atom stereocenters. The summed E-state index contributed by atoms with van der Waals surface area (Å²) < 4.78 is 0. The average Bonchev–Trinajstić information content (AvgIpc) is 3.33. The molecule has 6 nitrogen and oxygen atoms in total. The van der Waals surface area contributed by atoms with Crippen molar-refractivity contribution in [3.05, 3.63) is 101 Å². The highest BCUT2D eigenvalue weighted by molar-refractivity contribution is 7.18. The zero-order valence-electron chi connectivity index (χ0n) is 17.8. The third-order valence-corrected chi connectivity index (χ3v) is 6.57. The fourth-order valence-electron chi connectivity index (χ4n) is 3.25. The Morgan fingerprint density at radius 2 is 1.50 bits per heavy atom. The number of halogens is 2. The predicted octanol–water partition coefficient (Wildman–Crippen LogP) is 5.50. The van der Waals surface area contributed by atoms with Gasteiger partial charge in [0.05, 0.1) is 0 Å². The van der Waals surface area contributed by atoms with Crippen LogP contribution >= 0.6 is 34.5 Å². The van der Waals surface area contributed by atoms with Crippen LogP contribution in [0.4, 0.5) is 5.13 Å². The summed E-state index contributed by atoms with van der Waals surface area (Å²) in [6.07, 6.45) is 0.291. The van der Waals surface area contributed by atoms with E-state index in [1.807, 2.05) is 48.5 Å². The minimum atomic E-state index is -0.926. The number of alkyl halides is 1. The minimum Gasteiger partial charge on any atom is -0.342 e. The van der Waals surface area contributed by atoms with Crippen LogP contribution in [0.15, 0.2) is 84.9 Å². The molecule has 0 radical (unpaired) electrons. The monoisotopic (exact) mass is 510 g/mol. The summed E-state index contributed by atoms with van der Waals surface area (Å²) in [4.78, 5) is 26.0. The number of hydrogen-bond acceptors (Lipinski definition) is 5. The van der Waals surface area contributed by atoms with E-state index in [1.54, 1.807) is 36.4 Å². The van der Waals surface area contributed by atoms with Crippen molar-refractivity contribution in [1.82, 2.24) is 15.5 Å². The molecule has 9 heteroatoms. The summed E-state index contributed by atoms with van der Waals surface area (Å²) in [6, 6.07) is 24.7. The minimum absolute atomic E-state index is 0.291. The van der Waals surface area contributed by atoms with Crippen LogP contribution in [0.1, 0.15) is 16.5 Å². The molecule has 2 amide bonds. The van der Waals surface area contributed by atoms with Crippen LogP contribution in [0.3, 0.4) is 0 Å². The molecule has 3 aromatic carbocycles. The normalized spacial score (nSPS) is 12.5. The molecule has 172 valence electrons. The number of anilines is 1. The lowest BCUT2D eigenvalue weighted by atomic mass is 10.0. The summed E-state index contributed by atoms with van der Waals surface area (Å²) in [5.41, 5.74) is 2.38. The van der Waals surface area contributed by atoms with Gasteiger partial charge < -0.3 is 5.32 Å². The highest BCUT2D eigenvalue weighted by Gasteiger charge is 2.26. The van der Waals surface area contributed by atoms with Gasteiger partial charge in [-0.2, -0.15) is 0 Å². The molecule has 0 saturated carbocycles. The van der Waals surface area contributed by atoms with E-state index >= 15 is 0 Å². The third-order valence-electron chi connectivity index (χ3n) is 4.98. The quantitative estimate of drug-likeness (QED) is 0.306. The molecule has 2 N–H and O–H groups in total. The van der Waals surface area contributed by atoms with Gasteiger partial charge in [-0.25, -0.2) is 0 Å². The Balaban J connectivity index is 1.49. The van der Waals surface area contributed by atoms with Crippen LogP contribution in [0.5, 0.6) is 0 Å². The molecule has 0 aliphatic heterocycles. The maximum atomic E-state index is 13.2. The molecule has 0 saturated heterocycles. The molecule has 1 aromatic heterocycles. The smallest absolute Gasteiger partial charge is 0.249 e. The van der Waals surface area contributed by atoms with Gasteiger partial charge in [-0.3, -0.25) is 14.9 Å². The van der Waals surface area contributed by atoms with Gasteiger partial charge in [-0.1, -0.05) is 95.7 Å². The van der Waals surface area contributed by atoms with Crippen LogP contribution in [0, 0.1) is 0 Å². The number of amides is 2. The zero-order chi connectivity index (χ0) is 23.9. The van der Waals surface area contributed by atoms with E-state index in [9.17, 15) is 9.59 Å². The Morgan fingerprint density at radius 1 is 0.853 bits per heavy atom. The van der Waals surface area contributed by atoms with Crippen LogP contribution in [0.25, 0.3) is 10.6 Å². The average molecular weight is 511 g/mol. The Morgan fingerprint density at radius 3 is 2.18 bits per heavy atom. The summed E-state index contributed by atoms with van der Waals surface area (Å²) in [5, 5.41) is 14.4. The lowest BCUT2D eigenvalue weighted by Gasteiger charge is -2.20. The van der Waals surface area contributed by atoms with E-state index in [-0.39, 0.29) is 0 Å². The topological polar surface area (TPSA) is 84.0 Å². The first-order valence-corrected chi connectivity index (χ1v) is 12.1. The molecule has 0 bridgehead atoms. The second-order valence-corrected chi connectivity index (χ2v) is 9.28. The highest BCUT2D eigenvalue weighted by Crippen LogP contribution is 2.27. The standard InChI is InChI=1S/C25H20Cl2N4O2S/c26-19-13-11-18(12-14-19)24-30-31-25(34-24)29-22(32)20(15-16-7-3-1-4-8-16)28-23(33)21(27)17-9-5-2-6-10-17/h1-14,20-21H,15H2,(H,28,33)(H,29,31,32)/t20-,21-/m0/s1. The van der Waals surface area contributed by atoms with Crippen LogP contribution in [-0.4, -0.2) is 28.1 Å². The molecule has 0 fully saturated rings. The SMILES string of the molecule is O=C(Nc1nnc(-c2ccc(Cl)cc2)s1)[C@H](Cc1ccccc1)NC(=O)[C@@H](Cl)c1ccccc1. The van der Waals surface area contributed by atoms with Gasteiger partial charge in [-0.05, 0) is 23.3 Å². The van der Waals surface area contributed by atoms with E-state index in [0.717, 1.165) is 11.1 Å². The van der Waals surface area contributed by atoms with Crippen molar-refractivity contribution in [2.75, 3.05) is 5.32 Å². The number of carbonyl (C=O) groups excluding carboxylic acids is 2. The van der Waals surface area contributed by atoms with Gasteiger partial charge >= 0.3 is 0 Å². The number of hydrogen-bond donors (Lipinski definition) is 2. The molecule has 0 aliphatic rings. The van der Waals surface area contributed by atoms with Crippen molar-refractivity contribution < 1.29 is 9.59 Å². The number of nitrogens with zero attached hydrogens (tertiary/aromatic N) is 2. The van der Waals surface area contributed by atoms with Crippen LogP contribution in [-0.2, 0) is 16.0 Å². The van der Waals surface area contributed by atoms with Gasteiger partial charge in [0.15, 0.2) is 0 Å². The molecule has 4 rings (SSSR count).